The van der Waals surface area contributed by atoms with Crippen molar-refractivity contribution in [3.8, 4) is 11.5 Å². The number of rotatable bonds is 2. The number of furan rings is 1. The van der Waals surface area contributed by atoms with Gasteiger partial charge in [-0.2, -0.15) is 0 Å². The summed E-state index contributed by atoms with van der Waals surface area (Å²) in [5, 5.41) is 10.0. The molecule has 0 unspecified atom stereocenters. The van der Waals surface area contributed by atoms with E-state index in [1.807, 2.05) is 24.3 Å². The van der Waals surface area contributed by atoms with Crippen LogP contribution in [0.3, 0.4) is 0 Å². The molecule has 0 bridgehead atoms. The summed E-state index contributed by atoms with van der Waals surface area (Å²) >= 11 is 0. The van der Waals surface area contributed by atoms with E-state index in [0.29, 0.717) is 11.5 Å². The van der Waals surface area contributed by atoms with E-state index in [1.165, 1.54) is 6.26 Å². The van der Waals surface area contributed by atoms with Crippen molar-refractivity contribution in [2.24, 2.45) is 0 Å². The number of nitrogens with zero attached hydrogens (tertiary/aromatic N) is 1. The van der Waals surface area contributed by atoms with E-state index in [-0.39, 0.29) is 5.56 Å². The van der Waals surface area contributed by atoms with Crippen LogP contribution in [-0.2, 0) is 0 Å². The average molecular weight is 239 g/mol. The van der Waals surface area contributed by atoms with Crippen LogP contribution in [0, 0.1) is 0 Å². The number of aromatic carboxylic acids is 1. The van der Waals surface area contributed by atoms with Crippen LogP contribution in [0.15, 0.2) is 53.1 Å². The molecule has 0 radical (unpaired) electrons. The van der Waals surface area contributed by atoms with Crippen molar-refractivity contribution in [1.82, 2.24) is 4.98 Å². The number of fused-ring (bicyclic) bond motifs is 1. The van der Waals surface area contributed by atoms with E-state index in [9.17, 15) is 9.90 Å². The predicted octanol–water partition coefficient (Wildman–Crippen LogP) is 3.19. The number of pyridine rings is 1. The number of carboxylic acid groups (broad SMARTS) is 1. The third kappa shape index (κ3) is 1.64. The maximum Gasteiger partial charge on any atom is 0.338 e. The van der Waals surface area contributed by atoms with Crippen LogP contribution >= 0.6 is 0 Å². The lowest BCUT2D eigenvalue weighted by Gasteiger charge is -2.05. The molecule has 0 fully saturated rings. The van der Waals surface area contributed by atoms with Crippen molar-refractivity contribution >= 4 is 16.9 Å². The van der Waals surface area contributed by atoms with Crippen molar-refractivity contribution in [1.29, 1.82) is 0 Å². The highest BCUT2D eigenvalue weighted by molar-refractivity contribution is 5.98. The van der Waals surface area contributed by atoms with Crippen LogP contribution in [0.5, 0.6) is 0 Å². The molecule has 0 spiro atoms. The fourth-order valence-corrected chi connectivity index (χ4v) is 1.88. The Bertz CT molecular complexity index is 717. The predicted molar refractivity (Wildman–Crippen MR) is 66.4 cm³/mol. The second-order valence-corrected chi connectivity index (χ2v) is 3.86. The van der Waals surface area contributed by atoms with Gasteiger partial charge in [0.25, 0.3) is 0 Å². The maximum absolute atomic E-state index is 11.3. The molecule has 0 atom stereocenters. The number of hydrogen-bond acceptors (Lipinski definition) is 3. The van der Waals surface area contributed by atoms with Gasteiger partial charge in [0.05, 0.1) is 17.3 Å². The Morgan fingerprint density at radius 3 is 2.72 bits per heavy atom. The number of para-hydroxylation sites is 1. The van der Waals surface area contributed by atoms with Gasteiger partial charge in [-0.3, -0.25) is 0 Å². The van der Waals surface area contributed by atoms with Crippen LogP contribution in [0.25, 0.3) is 22.4 Å². The first kappa shape index (κ1) is 10.5. The zero-order chi connectivity index (χ0) is 12.5. The van der Waals surface area contributed by atoms with E-state index in [2.05, 4.69) is 4.98 Å². The largest absolute Gasteiger partial charge is 0.478 e. The summed E-state index contributed by atoms with van der Waals surface area (Å²) in [6.07, 6.45) is 1.50. The lowest BCUT2D eigenvalue weighted by molar-refractivity contribution is 0.0697. The quantitative estimate of drug-likeness (QED) is 0.745. The minimum atomic E-state index is -1.01. The van der Waals surface area contributed by atoms with Crippen LogP contribution in [0.4, 0.5) is 0 Å². The molecule has 1 N–H and O–H groups in total. The lowest BCUT2D eigenvalue weighted by Crippen LogP contribution is -2.01. The number of carbonyl (C=O) groups is 1. The lowest BCUT2D eigenvalue weighted by atomic mass is 10.1. The summed E-state index contributed by atoms with van der Waals surface area (Å²) in [6, 6.07) is 12.4. The molecule has 18 heavy (non-hydrogen) atoms. The van der Waals surface area contributed by atoms with Crippen LogP contribution in [0.2, 0.25) is 0 Å². The standard InChI is InChI=1S/C14H9NO3/c16-14(17)10-8-9-4-1-2-5-11(9)15-13(10)12-6-3-7-18-12/h1-8H,(H,16,17). The van der Waals surface area contributed by atoms with Gasteiger partial charge in [-0.05, 0) is 24.3 Å². The minimum absolute atomic E-state index is 0.142. The van der Waals surface area contributed by atoms with Gasteiger partial charge in [0.1, 0.15) is 5.69 Å². The van der Waals surface area contributed by atoms with Crippen LogP contribution in [-0.4, -0.2) is 16.1 Å². The molecule has 0 aliphatic heterocycles. The van der Waals surface area contributed by atoms with Crippen molar-refractivity contribution in [3.63, 3.8) is 0 Å². The fourth-order valence-electron chi connectivity index (χ4n) is 1.88. The maximum atomic E-state index is 11.3. The Kier molecular flexibility index (Phi) is 2.34. The Morgan fingerprint density at radius 2 is 2.00 bits per heavy atom. The Hall–Kier alpha value is -2.62. The molecule has 3 aromatic rings. The molecular formula is C14H9NO3. The normalized spacial score (nSPS) is 10.7. The monoisotopic (exact) mass is 239 g/mol. The molecule has 4 nitrogen and oxygen atoms in total. The van der Waals surface area contributed by atoms with Crippen molar-refractivity contribution in [2.75, 3.05) is 0 Å². The first-order valence-electron chi connectivity index (χ1n) is 5.42. The van der Waals surface area contributed by atoms with Crippen molar-refractivity contribution in [3.05, 3.63) is 54.3 Å². The van der Waals surface area contributed by atoms with E-state index in [1.54, 1.807) is 18.2 Å². The number of carboxylic acids is 1. The third-order valence-electron chi connectivity index (χ3n) is 2.71. The highest BCUT2D eigenvalue weighted by Gasteiger charge is 2.16. The molecular weight excluding hydrogens is 230 g/mol. The summed E-state index contributed by atoms with van der Waals surface area (Å²) in [5.74, 6) is -0.558. The van der Waals surface area contributed by atoms with Gasteiger partial charge < -0.3 is 9.52 Å². The molecule has 2 aromatic heterocycles. The van der Waals surface area contributed by atoms with Crippen LogP contribution < -0.4 is 0 Å². The molecule has 0 amide bonds. The summed E-state index contributed by atoms with van der Waals surface area (Å²) in [4.78, 5) is 15.6. The number of aromatic nitrogens is 1. The zero-order valence-corrected chi connectivity index (χ0v) is 9.33. The van der Waals surface area contributed by atoms with E-state index in [0.717, 1.165) is 10.9 Å². The Balaban J connectivity index is 2.34. The third-order valence-corrected chi connectivity index (χ3v) is 2.71. The zero-order valence-electron chi connectivity index (χ0n) is 9.33. The highest BCUT2D eigenvalue weighted by atomic mass is 16.4. The second-order valence-electron chi connectivity index (χ2n) is 3.86. The average Bonchev–Trinajstić information content (AvgIpc) is 2.91. The van der Waals surface area contributed by atoms with Gasteiger partial charge in [-0.1, -0.05) is 18.2 Å². The Labute approximate surface area is 103 Å². The fraction of sp³-hybridized carbons (Fsp3) is 0. The minimum Gasteiger partial charge on any atom is -0.478 e. The first-order chi connectivity index (χ1) is 8.75. The molecule has 1 aromatic carbocycles. The molecule has 3 rings (SSSR count). The van der Waals surface area contributed by atoms with Gasteiger partial charge in [0, 0.05) is 5.39 Å². The number of benzene rings is 1. The van der Waals surface area contributed by atoms with Gasteiger partial charge in [-0.25, -0.2) is 9.78 Å². The smallest absolute Gasteiger partial charge is 0.338 e. The van der Waals surface area contributed by atoms with E-state index >= 15 is 0 Å². The molecule has 4 heteroatoms. The highest BCUT2D eigenvalue weighted by Crippen LogP contribution is 2.25. The molecule has 0 aliphatic rings. The Morgan fingerprint density at radius 1 is 1.17 bits per heavy atom. The van der Waals surface area contributed by atoms with Gasteiger partial charge in [0.15, 0.2) is 5.76 Å². The SMILES string of the molecule is O=C(O)c1cc2ccccc2nc1-c1ccco1. The van der Waals surface area contributed by atoms with Crippen molar-refractivity contribution in [2.45, 2.75) is 0 Å². The van der Waals surface area contributed by atoms with Crippen molar-refractivity contribution < 1.29 is 14.3 Å². The van der Waals surface area contributed by atoms with E-state index < -0.39 is 5.97 Å². The summed E-state index contributed by atoms with van der Waals surface area (Å²) in [5.41, 5.74) is 1.24. The molecule has 0 saturated carbocycles. The van der Waals surface area contributed by atoms with Gasteiger partial charge in [0.2, 0.25) is 0 Å². The topological polar surface area (TPSA) is 63.3 Å². The van der Waals surface area contributed by atoms with Gasteiger partial charge >= 0.3 is 5.97 Å². The summed E-state index contributed by atoms with van der Waals surface area (Å²) in [6.45, 7) is 0. The second kappa shape index (κ2) is 4.00. The molecule has 2 heterocycles. The molecule has 88 valence electrons. The molecule has 0 aliphatic carbocycles. The summed E-state index contributed by atoms with van der Waals surface area (Å²) in [7, 11) is 0. The van der Waals surface area contributed by atoms with E-state index in [4.69, 9.17) is 4.42 Å². The number of hydrogen-bond donors (Lipinski definition) is 1. The first-order valence-corrected chi connectivity index (χ1v) is 5.42. The molecule has 0 saturated heterocycles. The van der Waals surface area contributed by atoms with Crippen LogP contribution in [0.1, 0.15) is 10.4 Å². The summed E-state index contributed by atoms with van der Waals surface area (Å²) < 4.78 is 5.23. The van der Waals surface area contributed by atoms with Gasteiger partial charge in [-0.15, -0.1) is 0 Å².